The molecule has 0 spiro atoms. The molecule has 4 heteroatoms. The van der Waals surface area contributed by atoms with Gasteiger partial charge in [0.05, 0.1) is 7.11 Å². The molecule has 0 aliphatic carbocycles. The van der Waals surface area contributed by atoms with Gasteiger partial charge in [-0.2, -0.15) is 0 Å². The molecule has 0 atom stereocenters. The molecule has 2 rings (SSSR count). The summed E-state index contributed by atoms with van der Waals surface area (Å²) in [5.74, 6) is -0.182. The summed E-state index contributed by atoms with van der Waals surface area (Å²) in [6.45, 7) is 5.31. The predicted molar refractivity (Wildman–Crippen MR) is 47.4 cm³/mol. The molecule has 71 valence electrons. The Morgan fingerprint density at radius 2 is 2.21 bits per heavy atom. The van der Waals surface area contributed by atoms with Crippen molar-refractivity contribution in [3.8, 4) is 17.2 Å². The maximum Gasteiger partial charge on any atom is 0.235 e. The number of ketones is 1. The van der Waals surface area contributed by atoms with Crippen molar-refractivity contribution in [3.05, 3.63) is 30.0 Å². The molecule has 0 unspecified atom stereocenters. The first-order valence-corrected chi connectivity index (χ1v) is 3.89. The molecule has 1 N–H and O–H groups in total. The molecule has 1 aliphatic heterocycles. The van der Waals surface area contributed by atoms with E-state index in [-0.39, 0.29) is 28.6 Å². The molecule has 4 nitrogen and oxygen atoms in total. The van der Waals surface area contributed by atoms with Gasteiger partial charge in [-0.05, 0) is 6.58 Å². The van der Waals surface area contributed by atoms with Gasteiger partial charge in [-0.25, -0.2) is 0 Å². The topological polar surface area (TPSA) is 55.8 Å². The average molecular weight is 191 g/mol. The van der Waals surface area contributed by atoms with Crippen molar-refractivity contribution in [3.63, 3.8) is 0 Å². The Labute approximate surface area is 80.4 Å². The van der Waals surface area contributed by atoms with Gasteiger partial charge >= 0.3 is 0 Å². The highest BCUT2D eigenvalue weighted by Gasteiger charge is 2.30. The molecule has 0 saturated heterocycles. The Hall–Kier alpha value is -1.97. The van der Waals surface area contributed by atoms with E-state index in [1.54, 1.807) is 0 Å². The van der Waals surface area contributed by atoms with Crippen LogP contribution in [0.3, 0.4) is 0 Å². The Bertz CT molecular complexity index is 434. The number of carbonyl (C=O) groups is 1. The number of ether oxygens (including phenoxy) is 2. The van der Waals surface area contributed by atoms with Gasteiger partial charge in [-0.15, -0.1) is 0 Å². The highest BCUT2D eigenvalue weighted by Crippen LogP contribution is 2.39. The molecular weight excluding hydrogens is 184 g/mol. The molecule has 14 heavy (non-hydrogen) atoms. The predicted octanol–water partition coefficient (Wildman–Crippen LogP) is 1.29. The summed E-state index contributed by atoms with van der Waals surface area (Å²) < 4.78 is 9.87. The van der Waals surface area contributed by atoms with Crippen molar-refractivity contribution >= 4 is 5.78 Å². The van der Waals surface area contributed by atoms with Gasteiger partial charge < -0.3 is 14.6 Å². The van der Waals surface area contributed by atoms with Crippen molar-refractivity contribution in [1.29, 1.82) is 0 Å². The lowest BCUT2D eigenvalue weighted by Crippen LogP contribution is -1.98. The van der Waals surface area contributed by atoms with Crippen molar-refractivity contribution < 1.29 is 19.4 Å². The van der Waals surface area contributed by atoms with E-state index in [4.69, 9.17) is 16.1 Å². The minimum atomic E-state index is -0.420. The van der Waals surface area contributed by atoms with E-state index in [0.717, 1.165) is 0 Å². The maximum atomic E-state index is 11.4. The number of hydrogen-bond acceptors (Lipinski definition) is 4. The molecule has 0 fully saturated rings. The maximum absolute atomic E-state index is 11.4. The van der Waals surface area contributed by atoms with Crippen LogP contribution in [0.25, 0.3) is 0 Å². The van der Waals surface area contributed by atoms with Gasteiger partial charge in [-0.3, -0.25) is 4.79 Å². The van der Waals surface area contributed by atoms with Crippen LogP contribution >= 0.6 is 0 Å². The monoisotopic (exact) mass is 191 g/mol. The highest BCUT2D eigenvalue weighted by molar-refractivity contribution is 6.13. The van der Waals surface area contributed by atoms with Crippen LogP contribution in [0.5, 0.6) is 17.2 Å². The summed E-state index contributed by atoms with van der Waals surface area (Å²) in [5, 5.41) is 9.26. The number of phenolic OH excluding ortho intramolecular Hbond substituents is 1. The molecule has 1 aromatic carbocycles. The van der Waals surface area contributed by atoms with Crippen LogP contribution in [0.1, 0.15) is 10.4 Å². The third-order valence-electron chi connectivity index (χ3n) is 1.94. The second-order valence-electron chi connectivity index (χ2n) is 2.82. The van der Waals surface area contributed by atoms with Crippen LogP contribution < -0.4 is 9.47 Å². The second kappa shape index (κ2) is 2.77. The van der Waals surface area contributed by atoms with E-state index in [0.29, 0.717) is 0 Å². The molecule has 1 heterocycles. The van der Waals surface area contributed by atoms with Crippen LogP contribution in [0.15, 0.2) is 17.9 Å². The Morgan fingerprint density at radius 3 is 2.86 bits per heavy atom. The third-order valence-corrected chi connectivity index (χ3v) is 1.94. The van der Waals surface area contributed by atoms with Crippen LogP contribution in [-0.4, -0.2) is 18.0 Å². The van der Waals surface area contributed by atoms with Gasteiger partial charge in [-0.1, -0.05) is 0 Å². The van der Waals surface area contributed by atoms with Crippen LogP contribution in [-0.2, 0) is 0 Å². The van der Waals surface area contributed by atoms with E-state index in [9.17, 15) is 9.90 Å². The van der Waals surface area contributed by atoms with Gasteiger partial charge in [0.1, 0.15) is 22.8 Å². The first-order chi connectivity index (χ1) is 6.63. The van der Waals surface area contributed by atoms with Gasteiger partial charge in [0, 0.05) is 12.1 Å². The lowest BCUT2D eigenvalue weighted by molar-refractivity contribution is 0.101. The minimum Gasteiger partial charge on any atom is -0.508 e. The smallest absolute Gasteiger partial charge is 0.235 e. The Morgan fingerprint density at radius 1 is 1.50 bits per heavy atom. The lowest BCUT2D eigenvalue weighted by atomic mass is 10.1. The fourth-order valence-corrected chi connectivity index (χ4v) is 1.33. The highest BCUT2D eigenvalue weighted by atomic mass is 16.5. The van der Waals surface area contributed by atoms with Crippen molar-refractivity contribution in [2.24, 2.45) is 0 Å². The molecule has 1 aliphatic rings. The number of fused-ring (bicyclic) bond motifs is 1. The van der Waals surface area contributed by atoms with Crippen LogP contribution in [0, 0.1) is 6.58 Å². The van der Waals surface area contributed by atoms with Crippen molar-refractivity contribution in [2.45, 2.75) is 0 Å². The summed E-state index contributed by atoms with van der Waals surface area (Å²) in [5.41, 5.74) is 0.253. The molecule has 0 aromatic heterocycles. The molecular formula is C10H7O4. The number of Topliss-reactive ketones (excluding diaryl/α,β-unsaturated/α-hetero) is 1. The number of aromatic hydroxyl groups is 1. The number of methoxy groups -OCH3 is 1. The Balaban J connectivity index is 2.68. The third kappa shape index (κ3) is 1.04. The zero-order valence-corrected chi connectivity index (χ0v) is 7.40. The SMILES string of the molecule is [CH]=C1Oc2cc(O)cc(OC)c2C1=O. The summed E-state index contributed by atoms with van der Waals surface area (Å²) in [7, 11) is 1.40. The summed E-state index contributed by atoms with van der Waals surface area (Å²) in [6.07, 6.45) is 0. The zero-order valence-electron chi connectivity index (χ0n) is 7.40. The molecule has 1 radical (unpaired) electrons. The summed E-state index contributed by atoms with van der Waals surface area (Å²) in [4.78, 5) is 11.4. The number of phenols is 1. The largest absolute Gasteiger partial charge is 0.508 e. The number of benzene rings is 1. The van der Waals surface area contributed by atoms with Crippen molar-refractivity contribution in [2.75, 3.05) is 7.11 Å². The van der Waals surface area contributed by atoms with E-state index in [1.165, 1.54) is 19.2 Å². The average Bonchev–Trinajstić information content (AvgIpc) is 2.41. The standard InChI is InChI=1S/C10H7O4/c1-5-10(12)9-7(13-2)3-6(11)4-8(9)14-5/h1,3-4,11H,2H3. The number of carbonyl (C=O) groups excluding carboxylic acids is 1. The number of hydrogen-bond donors (Lipinski definition) is 1. The fourth-order valence-electron chi connectivity index (χ4n) is 1.33. The summed E-state index contributed by atoms with van der Waals surface area (Å²) in [6, 6.07) is 2.65. The van der Waals surface area contributed by atoms with E-state index >= 15 is 0 Å². The first kappa shape index (κ1) is 8.62. The fraction of sp³-hybridized carbons (Fsp3) is 0.100. The van der Waals surface area contributed by atoms with Crippen LogP contribution in [0.2, 0.25) is 0 Å². The quantitative estimate of drug-likeness (QED) is 0.679. The van der Waals surface area contributed by atoms with Gasteiger partial charge in [0.25, 0.3) is 0 Å². The molecule has 0 amide bonds. The van der Waals surface area contributed by atoms with Crippen molar-refractivity contribution in [1.82, 2.24) is 0 Å². The van der Waals surface area contributed by atoms with E-state index in [2.05, 4.69) is 0 Å². The summed E-state index contributed by atoms with van der Waals surface area (Å²) >= 11 is 0. The minimum absolute atomic E-state index is 0.0388. The Kier molecular flexibility index (Phi) is 1.70. The van der Waals surface area contributed by atoms with E-state index in [1.807, 2.05) is 0 Å². The number of rotatable bonds is 1. The number of allylic oxidation sites excluding steroid dienone is 1. The normalized spacial score (nSPS) is 13.8. The van der Waals surface area contributed by atoms with Gasteiger partial charge in [0.15, 0.2) is 5.76 Å². The zero-order chi connectivity index (χ0) is 10.3. The lowest BCUT2D eigenvalue weighted by Gasteiger charge is -2.04. The van der Waals surface area contributed by atoms with Gasteiger partial charge in [0.2, 0.25) is 5.78 Å². The first-order valence-electron chi connectivity index (χ1n) is 3.89. The molecule has 0 bridgehead atoms. The molecule has 0 saturated carbocycles. The van der Waals surface area contributed by atoms with E-state index < -0.39 is 5.78 Å². The molecule has 1 aromatic rings. The second-order valence-corrected chi connectivity index (χ2v) is 2.82. The van der Waals surface area contributed by atoms with Crippen LogP contribution in [0.4, 0.5) is 0 Å².